The van der Waals surface area contributed by atoms with Crippen LogP contribution in [0.4, 0.5) is 0 Å². The maximum Gasteiger partial charge on any atom is 0.223 e. The smallest absolute Gasteiger partial charge is 0.223 e. The highest BCUT2D eigenvalue weighted by molar-refractivity contribution is 5.76. The third kappa shape index (κ3) is 3.27. The van der Waals surface area contributed by atoms with Crippen molar-refractivity contribution in [2.45, 2.75) is 26.4 Å². The van der Waals surface area contributed by atoms with Crippen LogP contribution in [0.2, 0.25) is 0 Å². The number of aliphatic hydroxyl groups is 1. The first-order chi connectivity index (χ1) is 6.63. The molecule has 1 fully saturated rings. The van der Waals surface area contributed by atoms with E-state index < -0.39 is 0 Å². The van der Waals surface area contributed by atoms with E-state index in [0.717, 1.165) is 26.2 Å². The molecular weight excluding hydrogens is 180 g/mol. The largest absolute Gasteiger partial charge is 0.392 e. The first kappa shape index (κ1) is 11.5. The fraction of sp³-hybridized carbons (Fsp3) is 0.900. The number of likely N-dealkylation sites (N-methyl/N-ethyl adjacent to an activating group) is 1. The number of aliphatic hydroxyl groups excluding tert-OH is 1. The van der Waals surface area contributed by atoms with Gasteiger partial charge in [0.2, 0.25) is 5.91 Å². The summed E-state index contributed by atoms with van der Waals surface area (Å²) >= 11 is 0. The SMILES string of the molecule is CCN1CCN(CC(C)O)CCC1=O. The summed E-state index contributed by atoms with van der Waals surface area (Å²) in [6.07, 6.45) is 0.277. The number of carbonyl (C=O) groups excluding carboxylic acids is 1. The molecule has 4 heteroatoms. The van der Waals surface area contributed by atoms with Gasteiger partial charge in [-0.25, -0.2) is 0 Å². The van der Waals surface area contributed by atoms with Crippen LogP contribution in [-0.4, -0.2) is 59.6 Å². The summed E-state index contributed by atoms with van der Waals surface area (Å²) in [7, 11) is 0. The van der Waals surface area contributed by atoms with Crippen molar-refractivity contribution in [2.75, 3.05) is 32.7 Å². The molecule has 0 spiro atoms. The van der Waals surface area contributed by atoms with Crippen LogP contribution in [0.15, 0.2) is 0 Å². The molecule has 1 atom stereocenters. The summed E-state index contributed by atoms with van der Waals surface area (Å²) in [4.78, 5) is 15.5. The van der Waals surface area contributed by atoms with Gasteiger partial charge in [0.1, 0.15) is 0 Å². The Bertz CT molecular complexity index is 195. The van der Waals surface area contributed by atoms with Crippen LogP contribution in [0.25, 0.3) is 0 Å². The van der Waals surface area contributed by atoms with E-state index in [1.54, 1.807) is 6.92 Å². The van der Waals surface area contributed by atoms with Crippen molar-refractivity contribution < 1.29 is 9.90 Å². The molecule has 0 aliphatic carbocycles. The van der Waals surface area contributed by atoms with Crippen LogP contribution < -0.4 is 0 Å². The van der Waals surface area contributed by atoms with Crippen molar-refractivity contribution in [1.82, 2.24) is 9.80 Å². The van der Waals surface area contributed by atoms with Gasteiger partial charge in [-0.15, -0.1) is 0 Å². The zero-order valence-electron chi connectivity index (χ0n) is 9.07. The van der Waals surface area contributed by atoms with E-state index in [9.17, 15) is 9.90 Å². The average molecular weight is 200 g/mol. The average Bonchev–Trinajstić information content (AvgIpc) is 2.28. The quantitative estimate of drug-likeness (QED) is 0.693. The highest BCUT2D eigenvalue weighted by Crippen LogP contribution is 2.04. The standard InChI is InChI=1S/C10H20N2O2/c1-3-12-7-6-11(8-9(2)13)5-4-10(12)14/h9,13H,3-8H2,1-2H3. The topological polar surface area (TPSA) is 43.8 Å². The van der Waals surface area contributed by atoms with Crippen molar-refractivity contribution in [3.05, 3.63) is 0 Å². The molecule has 14 heavy (non-hydrogen) atoms. The summed E-state index contributed by atoms with van der Waals surface area (Å²) in [5.41, 5.74) is 0. The third-order valence-corrected chi connectivity index (χ3v) is 2.58. The Kier molecular flexibility index (Phi) is 4.35. The van der Waals surface area contributed by atoms with Gasteiger partial charge in [-0.1, -0.05) is 0 Å². The molecule has 1 heterocycles. The lowest BCUT2D eigenvalue weighted by Gasteiger charge is -2.21. The molecule has 0 bridgehead atoms. The fourth-order valence-electron chi connectivity index (χ4n) is 1.80. The van der Waals surface area contributed by atoms with E-state index in [1.165, 1.54) is 0 Å². The molecule has 0 aromatic carbocycles. The molecule has 0 radical (unpaired) electrons. The van der Waals surface area contributed by atoms with Crippen molar-refractivity contribution in [3.8, 4) is 0 Å². The van der Waals surface area contributed by atoms with Gasteiger partial charge >= 0.3 is 0 Å². The Balaban J connectivity index is 2.43. The minimum Gasteiger partial charge on any atom is -0.392 e. The van der Waals surface area contributed by atoms with Gasteiger partial charge in [0.15, 0.2) is 0 Å². The van der Waals surface area contributed by atoms with Gasteiger partial charge in [0.25, 0.3) is 0 Å². The predicted molar refractivity (Wildman–Crippen MR) is 55.0 cm³/mol. The van der Waals surface area contributed by atoms with E-state index in [1.807, 2.05) is 11.8 Å². The molecule has 1 aliphatic rings. The van der Waals surface area contributed by atoms with Crippen molar-refractivity contribution in [1.29, 1.82) is 0 Å². The molecule has 82 valence electrons. The van der Waals surface area contributed by atoms with Crippen molar-refractivity contribution in [2.24, 2.45) is 0 Å². The number of hydrogen-bond donors (Lipinski definition) is 1. The van der Waals surface area contributed by atoms with Crippen LogP contribution in [0.3, 0.4) is 0 Å². The van der Waals surface area contributed by atoms with Crippen LogP contribution in [0.1, 0.15) is 20.3 Å². The highest BCUT2D eigenvalue weighted by Gasteiger charge is 2.19. The third-order valence-electron chi connectivity index (χ3n) is 2.58. The van der Waals surface area contributed by atoms with Crippen LogP contribution in [0, 0.1) is 0 Å². The van der Waals surface area contributed by atoms with Crippen molar-refractivity contribution >= 4 is 5.91 Å². The van der Waals surface area contributed by atoms with Gasteiger partial charge in [0.05, 0.1) is 6.10 Å². The van der Waals surface area contributed by atoms with E-state index in [-0.39, 0.29) is 12.0 Å². The Labute approximate surface area is 85.5 Å². The zero-order valence-corrected chi connectivity index (χ0v) is 9.07. The van der Waals surface area contributed by atoms with E-state index in [0.29, 0.717) is 13.0 Å². The Morgan fingerprint density at radius 2 is 2.14 bits per heavy atom. The van der Waals surface area contributed by atoms with Crippen LogP contribution >= 0.6 is 0 Å². The molecule has 0 aromatic heterocycles. The second-order valence-electron chi connectivity index (χ2n) is 3.87. The number of nitrogens with zero attached hydrogens (tertiary/aromatic N) is 2. The molecule has 1 saturated heterocycles. The van der Waals surface area contributed by atoms with E-state index >= 15 is 0 Å². The molecular formula is C10H20N2O2. The maximum absolute atomic E-state index is 11.5. The normalized spacial score (nSPS) is 22.2. The van der Waals surface area contributed by atoms with Crippen LogP contribution in [0.5, 0.6) is 0 Å². The van der Waals surface area contributed by atoms with E-state index in [4.69, 9.17) is 0 Å². The van der Waals surface area contributed by atoms with E-state index in [2.05, 4.69) is 4.90 Å². The summed E-state index contributed by atoms with van der Waals surface area (Å²) in [6, 6.07) is 0. The predicted octanol–water partition coefficient (Wildman–Crippen LogP) is -0.0786. The first-order valence-corrected chi connectivity index (χ1v) is 5.31. The van der Waals surface area contributed by atoms with Gasteiger partial charge in [0, 0.05) is 39.1 Å². The molecule has 1 N–H and O–H groups in total. The molecule has 1 aliphatic heterocycles. The second-order valence-corrected chi connectivity index (χ2v) is 3.87. The summed E-state index contributed by atoms with van der Waals surface area (Å²) in [6.45, 7) is 7.70. The Hall–Kier alpha value is -0.610. The molecule has 1 amide bonds. The first-order valence-electron chi connectivity index (χ1n) is 5.31. The highest BCUT2D eigenvalue weighted by atomic mass is 16.3. The maximum atomic E-state index is 11.5. The lowest BCUT2D eigenvalue weighted by molar-refractivity contribution is -0.130. The van der Waals surface area contributed by atoms with Gasteiger partial charge in [-0.05, 0) is 13.8 Å². The lowest BCUT2D eigenvalue weighted by atomic mass is 10.3. The van der Waals surface area contributed by atoms with Gasteiger partial charge in [-0.2, -0.15) is 0 Å². The second kappa shape index (κ2) is 5.32. The van der Waals surface area contributed by atoms with Gasteiger partial charge in [-0.3, -0.25) is 9.69 Å². The van der Waals surface area contributed by atoms with Crippen molar-refractivity contribution in [3.63, 3.8) is 0 Å². The minimum absolute atomic E-state index is 0.237. The molecule has 1 unspecified atom stereocenters. The summed E-state index contributed by atoms with van der Waals surface area (Å²) < 4.78 is 0. The Morgan fingerprint density at radius 1 is 1.43 bits per heavy atom. The lowest BCUT2D eigenvalue weighted by Crippen LogP contribution is -2.35. The fourth-order valence-corrected chi connectivity index (χ4v) is 1.80. The molecule has 4 nitrogen and oxygen atoms in total. The number of carbonyl (C=O) groups is 1. The molecule has 0 aromatic rings. The number of β-amino-alcohol motifs (C(OH)–C–C–N with tert-alkyl or cyclic N) is 1. The zero-order chi connectivity index (χ0) is 10.6. The monoisotopic (exact) mass is 200 g/mol. The summed E-state index contributed by atoms with van der Waals surface area (Å²) in [5.74, 6) is 0.237. The number of hydrogen-bond acceptors (Lipinski definition) is 3. The number of amides is 1. The number of rotatable bonds is 3. The molecule has 1 rings (SSSR count). The van der Waals surface area contributed by atoms with Crippen LogP contribution in [-0.2, 0) is 4.79 Å². The Morgan fingerprint density at radius 3 is 2.71 bits per heavy atom. The minimum atomic E-state index is -0.307. The molecule has 0 saturated carbocycles. The van der Waals surface area contributed by atoms with Gasteiger partial charge < -0.3 is 10.0 Å². The summed E-state index contributed by atoms with van der Waals surface area (Å²) in [5, 5.41) is 9.25.